The van der Waals surface area contributed by atoms with Crippen molar-refractivity contribution in [2.75, 3.05) is 5.75 Å². The molecule has 2 rings (SSSR count). The highest BCUT2D eigenvalue weighted by Crippen LogP contribution is 2.29. The van der Waals surface area contributed by atoms with E-state index in [1.165, 1.54) is 17.8 Å². The SMILES string of the molecule is O=[N+]([O-])c1ccccc1CCSc1ccccc1O. The maximum Gasteiger partial charge on any atom is 0.272 e. The van der Waals surface area contributed by atoms with Crippen molar-refractivity contribution in [3.8, 4) is 5.75 Å². The van der Waals surface area contributed by atoms with Gasteiger partial charge in [-0.05, 0) is 18.6 Å². The Balaban J connectivity index is 2.00. The number of hydrogen-bond donors (Lipinski definition) is 1. The van der Waals surface area contributed by atoms with Crippen LogP contribution < -0.4 is 0 Å². The Morgan fingerprint density at radius 2 is 1.79 bits per heavy atom. The number of aryl methyl sites for hydroxylation is 1. The first-order valence-corrected chi connectivity index (χ1v) is 6.80. The molecule has 0 heterocycles. The number of phenolic OH excluding ortho intramolecular Hbond substituents is 1. The minimum atomic E-state index is -0.361. The van der Waals surface area contributed by atoms with Gasteiger partial charge in [-0.3, -0.25) is 10.1 Å². The Hall–Kier alpha value is -2.01. The van der Waals surface area contributed by atoms with E-state index in [0.29, 0.717) is 12.2 Å². The van der Waals surface area contributed by atoms with Crippen LogP contribution in [0.1, 0.15) is 5.56 Å². The fourth-order valence-electron chi connectivity index (χ4n) is 1.75. The van der Waals surface area contributed by atoms with Crippen molar-refractivity contribution in [2.45, 2.75) is 11.3 Å². The van der Waals surface area contributed by atoms with E-state index >= 15 is 0 Å². The molecule has 0 aliphatic carbocycles. The molecule has 5 heteroatoms. The van der Waals surface area contributed by atoms with Crippen LogP contribution >= 0.6 is 11.8 Å². The lowest BCUT2D eigenvalue weighted by atomic mass is 10.1. The molecule has 98 valence electrons. The Labute approximate surface area is 115 Å². The summed E-state index contributed by atoms with van der Waals surface area (Å²) in [5.41, 5.74) is 0.871. The molecule has 0 saturated carbocycles. The first kappa shape index (κ1) is 13.4. The molecular formula is C14H13NO3S. The van der Waals surface area contributed by atoms with E-state index in [-0.39, 0.29) is 16.4 Å². The van der Waals surface area contributed by atoms with Crippen LogP contribution in [0, 0.1) is 10.1 Å². The van der Waals surface area contributed by atoms with Crippen LogP contribution in [-0.2, 0) is 6.42 Å². The van der Waals surface area contributed by atoms with Crippen molar-refractivity contribution in [2.24, 2.45) is 0 Å². The molecule has 0 amide bonds. The third-order valence-electron chi connectivity index (χ3n) is 2.68. The molecule has 19 heavy (non-hydrogen) atoms. The van der Waals surface area contributed by atoms with Crippen LogP contribution in [-0.4, -0.2) is 15.8 Å². The summed E-state index contributed by atoms with van der Waals surface area (Å²) in [6.45, 7) is 0. The van der Waals surface area contributed by atoms with E-state index in [1.54, 1.807) is 30.3 Å². The highest BCUT2D eigenvalue weighted by atomic mass is 32.2. The van der Waals surface area contributed by atoms with Crippen molar-refractivity contribution >= 4 is 17.4 Å². The smallest absolute Gasteiger partial charge is 0.272 e. The van der Waals surface area contributed by atoms with Crippen LogP contribution in [0.5, 0.6) is 5.75 Å². The second-order valence-corrected chi connectivity index (χ2v) is 5.09. The van der Waals surface area contributed by atoms with Gasteiger partial charge in [0.25, 0.3) is 5.69 Å². The van der Waals surface area contributed by atoms with Gasteiger partial charge in [-0.1, -0.05) is 30.3 Å². The third kappa shape index (κ3) is 3.48. The topological polar surface area (TPSA) is 63.4 Å². The standard InChI is InChI=1S/C14H13NO3S/c16-13-7-3-4-8-14(13)19-10-9-11-5-1-2-6-12(11)15(17)18/h1-8,16H,9-10H2. The molecule has 2 aromatic rings. The largest absolute Gasteiger partial charge is 0.507 e. The zero-order chi connectivity index (χ0) is 13.7. The number of nitro groups is 1. The second-order valence-electron chi connectivity index (χ2n) is 3.95. The zero-order valence-corrected chi connectivity index (χ0v) is 11.0. The third-order valence-corrected chi connectivity index (χ3v) is 3.75. The zero-order valence-electron chi connectivity index (χ0n) is 10.2. The molecule has 0 radical (unpaired) electrons. The van der Waals surface area contributed by atoms with E-state index in [4.69, 9.17) is 0 Å². The number of benzene rings is 2. The monoisotopic (exact) mass is 275 g/mol. The maximum absolute atomic E-state index is 10.9. The molecular weight excluding hydrogens is 262 g/mol. The molecule has 0 saturated heterocycles. The van der Waals surface area contributed by atoms with Gasteiger partial charge < -0.3 is 5.11 Å². The fourth-order valence-corrected chi connectivity index (χ4v) is 2.68. The number of aromatic hydroxyl groups is 1. The molecule has 4 nitrogen and oxygen atoms in total. The van der Waals surface area contributed by atoms with Crippen LogP contribution in [0.15, 0.2) is 53.4 Å². The van der Waals surface area contributed by atoms with Gasteiger partial charge in [-0.15, -0.1) is 11.8 Å². The highest BCUT2D eigenvalue weighted by molar-refractivity contribution is 7.99. The predicted octanol–water partition coefficient (Wildman–Crippen LogP) is 3.64. The number of thioether (sulfide) groups is 1. The lowest BCUT2D eigenvalue weighted by Gasteiger charge is -2.04. The summed E-state index contributed by atoms with van der Waals surface area (Å²) >= 11 is 1.49. The molecule has 0 unspecified atom stereocenters. The summed E-state index contributed by atoms with van der Waals surface area (Å²) in [4.78, 5) is 11.3. The summed E-state index contributed by atoms with van der Waals surface area (Å²) in [6, 6.07) is 13.8. The molecule has 0 fully saturated rings. The molecule has 0 atom stereocenters. The minimum Gasteiger partial charge on any atom is -0.507 e. The van der Waals surface area contributed by atoms with E-state index in [9.17, 15) is 15.2 Å². The van der Waals surface area contributed by atoms with E-state index in [0.717, 1.165) is 10.5 Å². The van der Waals surface area contributed by atoms with E-state index < -0.39 is 0 Å². The molecule has 0 aliphatic rings. The molecule has 0 spiro atoms. The van der Waals surface area contributed by atoms with Gasteiger partial charge in [0.2, 0.25) is 0 Å². The second kappa shape index (κ2) is 6.24. The Morgan fingerprint density at radius 1 is 1.11 bits per heavy atom. The van der Waals surface area contributed by atoms with Crippen LogP contribution in [0.2, 0.25) is 0 Å². The van der Waals surface area contributed by atoms with Crippen molar-refractivity contribution in [3.63, 3.8) is 0 Å². The Morgan fingerprint density at radius 3 is 2.53 bits per heavy atom. The lowest BCUT2D eigenvalue weighted by molar-refractivity contribution is -0.385. The first-order chi connectivity index (χ1) is 9.18. The van der Waals surface area contributed by atoms with Gasteiger partial charge in [-0.2, -0.15) is 0 Å². The molecule has 0 bridgehead atoms. The molecule has 2 aromatic carbocycles. The summed E-state index contributed by atoms with van der Waals surface area (Å²) in [7, 11) is 0. The number of phenols is 1. The van der Waals surface area contributed by atoms with E-state index in [1.807, 2.05) is 12.1 Å². The number of nitro benzene ring substituents is 1. The Kier molecular flexibility index (Phi) is 4.41. The van der Waals surface area contributed by atoms with Crippen molar-refractivity contribution in [1.82, 2.24) is 0 Å². The van der Waals surface area contributed by atoms with Gasteiger partial charge in [0.05, 0.1) is 4.92 Å². The summed E-state index contributed by atoms with van der Waals surface area (Å²) in [6.07, 6.45) is 0.593. The maximum atomic E-state index is 10.9. The summed E-state index contributed by atoms with van der Waals surface area (Å²) in [5.74, 6) is 0.928. The first-order valence-electron chi connectivity index (χ1n) is 5.81. The quantitative estimate of drug-likeness (QED) is 0.514. The van der Waals surface area contributed by atoms with Gasteiger partial charge in [0, 0.05) is 22.3 Å². The summed E-state index contributed by atoms with van der Waals surface area (Å²) in [5, 5.41) is 20.5. The van der Waals surface area contributed by atoms with Crippen LogP contribution in [0.3, 0.4) is 0 Å². The number of nitrogens with zero attached hydrogens (tertiary/aromatic N) is 1. The predicted molar refractivity (Wildman–Crippen MR) is 75.6 cm³/mol. The van der Waals surface area contributed by atoms with Crippen molar-refractivity contribution < 1.29 is 10.0 Å². The van der Waals surface area contributed by atoms with Gasteiger partial charge in [0.1, 0.15) is 5.75 Å². The number of para-hydroxylation sites is 2. The number of hydrogen-bond acceptors (Lipinski definition) is 4. The van der Waals surface area contributed by atoms with Crippen LogP contribution in [0.25, 0.3) is 0 Å². The molecule has 0 aromatic heterocycles. The average Bonchev–Trinajstić information content (AvgIpc) is 2.41. The van der Waals surface area contributed by atoms with Crippen molar-refractivity contribution in [3.05, 3.63) is 64.2 Å². The van der Waals surface area contributed by atoms with Crippen molar-refractivity contribution in [1.29, 1.82) is 0 Å². The van der Waals surface area contributed by atoms with Gasteiger partial charge in [0.15, 0.2) is 0 Å². The van der Waals surface area contributed by atoms with E-state index in [2.05, 4.69) is 0 Å². The minimum absolute atomic E-state index is 0.153. The molecule has 0 aliphatic heterocycles. The normalized spacial score (nSPS) is 10.3. The highest BCUT2D eigenvalue weighted by Gasteiger charge is 2.12. The number of rotatable bonds is 5. The average molecular weight is 275 g/mol. The summed E-state index contributed by atoms with van der Waals surface area (Å²) < 4.78 is 0. The van der Waals surface area contributed by atoms with Crippen LogP contribution in [0.4, 0.5) is 5.69 Å². The van der Waals surface area contributed by atoms with Gasteiger partial charge in [-0.25, -0.2) is 0 Å². The fraction of sp³-hybridized carbons (Fsp3) is 0.143. The molecule has 1 N–H and O–H groups in total. The lowest BCUT2D eigenvalue weighted by Crippen LogP contribution is -1.96. The Bertz CT molecular complexity index is 586. The van der Waals surface area contributed by atoms with Gasteiger partial charge >= 0.3 is 0 Å².